The first-order valence-electron chi connectivity index (χ1n) is 13.5. The Hall–Kier alpha value is -5.48. The number of furan rings is 1. The predicted molar refractivity (Wildman–Crippen MR) is 163 cm³/mol. The van der Waals surface area contributed by atoms with Crippen LogP contribution in [0, 0.1) is 0 Å². The van der Waals surface area contributed by atoms with E-state index in [0.717, 1.165) is 44.4 Å². The number of benzene rings is 6. The summed E-state index contributed by atoms with van der Waals surface area (Å²) in [4.78, 5) is 10.4. The van der Waals surface area contributed by atoms with Crippen molar-refractivity contribution >= 4 is 65.4 Å². The van der Waals surface area contributed by atoms with E-state index in [4.69, 9.17) is 14.4 Å². The molecule has 0 aliphatic heterocycles. The highest BCUT2D eigenvalue weighted by Gasteiger charge is 2.27. The molecule has 0 unspecified atom stereocenters. The maximum Gasteiger partial charge on any atom is 0.235 e. The minimum atomic E-state index is 0.667. The normalized spacial score (nSPS) is 12.5. The third-order valence-corrected chi connectivity index (χ3v) is 8.53. The van der Waals surface area contributed by atoms with E-state index in [9.17, 15) is 0 Å². The quantitative estimate of drug-likeness (QED) is 0.233. The summed E-state index contributed by atoms with van der Waals surface area (Å²) in [5, 5.41) is 8.30. The molecular formula is C36H19N3O. The molecule has 0 fully saturated rings. The van der Waals surface area contributed by atoms with Crippen molar-refractivity contribution in [2.24, 2.45) is 0 Å². The molecule has 3 aromatic heterocycles. The zero-order valence-corrected chi connectivity index (χ0v) is 21.2. The molecule has 40 heavy (non-hydrogen) atoms. The summed E-state index contributed by atoms with van der Waals surface area (Å²) in [6.07, 6.45) is 0. The number of para-hydroxylation sites is 1. The zero-order valence-electron chi connectivity index (χ0n) is 21.2. The van der Waals surface area contributed by atoms with Gasteiger partial charge in [0.15, 0.2) is 0 Å². The highest BCUT2D eigenvalue weighted by molar-refractivity contribution is 6.37. The molecule has 1 aliphatic rings. The molecule has 0 bridgehead atoms. The highest BCUT2D eigenvalue weighted by Crippen LogP contribution is 2.50. The van der Waals surface area contributed by atoms with Crippen LogP contribution in [-0.4, -0.2) is 14.5 Å². The molecule has 0 atom stereocenters. The standard InChI is InChI=1S/C36H19N3O/c1-2-8-21(9-3-1)35-24-11-4-5-14-25(24)37-36(38-35)39-26-15-7-13-23-22-12-6-10-20-16-18-28-33(30(20)22)34-29(40-28)19-17-27(39)32(34)31(23)26/h1-19H. The fraction of sp³-hybridized carbons (Fsp3) is 0. The van der Waals surface area contributed by atoms with Crippen molar-refractivity contribution in [3.8, 4) is 28.3 Å². The third kappa shape index (κ3) is 2.42. The van der Waals surface area contributed by atoms with Gasteiger partial charge in [0.25, 0.3) is 0 Å². The number of rotatable bonds is 2. The van der Waals surface area contributed by atoms with Crippen molar-refractivity contribution in [2.45, 2.75) is 0 Å². The molecule has 0 saturated carbocycles. The topological polar surface area (TPSA) is 43.9 Å². The number of aromatic nitrogens is 3. The Morgan fingerprint density at radius 2 is 1.23 bits per heavy atom. The van der Waals surface area contributed by atoms with Crippen molar-refractivity contribution in [3.05, 3.63) is 115 Å². The average Bonchev–Trinajstić information content (AvgIpc) is 3.52. The lowest BCUT2D eigenvalue weighted by molar-refractivity contribution is 0.669. The van der Waals surface area contributed by atoms with Gasteiger partial charge in [0.1, 0.15) is 11.2 Å². The molecule has 6 aromatic carbocycles. The Morgan fingerprint density at radius 1 is 0.500 bits per heavy atom. The first-order valence-corrected chi connectivity index (χ1v) is 13.5. The Morgan fingerprint density at radius 3 is 2.12 bits per heavy atom. The summed E-state index contributed by atoms with van der Waals surface area (Å²) in [5.74, 6) is 0.667. The van der Waals surface area contributed by atoms with Gasteiger partial charge >= 0.3 is 0 Å². The second kappa shape index (κ2) is 7.13. The van der Waals surface area contributed by atoms with Crippen LogP contribution in [0.5, 0.6) is 0 Å². The van der Waals surface area contributed by atoms with E-state index in [0.29, 0.717) is 5.95 Å². The second-order valence-electron chi connectivity index (χ2n) is 10.6. The highest BCUT2D eigenvalue weighted by atomic mass is 16.3. The third-order valence-electron chi connectivity index (χ3n) is 8.53. The van der Waals surface area contributed by atoms with Crippen LogP contribution >= 0.6 is 0 Å². The maximum atomic E-state index is 6.45. The maximum absolute atomic E-state index is 6.45. The van der Waals surface area contributed by atoms with Crippen molar-refractivity contribution in [1.82, 2.24) is 14.5 Å². The largest absolute Gasteiger partial charge is 0.456 e. The second-order valence-corrected chi connectivity index (χ2v) is 10.6. The van der Waals surface area contributed by atoms with Crippen LogP contribution < -0.4 is 0 Å². The summed E-state index contributed by atoms with van der Waals surface area (Å²) in [5.41, 5.74) is 9.39. The van der Waals surface area contributed by atoms with E-state index in [1.165, 1.54) is 43.4 Å². The molecule has 0 saturated heterocycles. The molecule has 0 amide bonds. The fourth-order valence-corrected chi connectivity index (χ4v) is 6.92. The van der Waals surface area contributed by atoms with Gasteiger partial charge in [-0.1, -0.05) is 84.9 Å². The van der Waals surface area contributed by atoms with Crippen LogP contribution in [0.2, 0.25) is 0 Å². The first kappa shape index (κ1) is 20.5. The Labute approximate surface area is 227 Å². The van der Waals surface area contributed by atoms with Gasteiger partial charge in [0.05, 0.1) is 22.2 Å². The SMILES string of the molecule is c1ccc(-c2nc(-n3c4cccc5c4c4c6c(ccc43)oc3ccc4cccc-5c4c36)nc3ccccc23)cc1. The van der Waals surface area contributed by atoms with Crippen LogP contribution in [0.3, 0.4) is 0 Å². The Bertz CT molecular complexity index is 2540. The number of fused-ring (bicyclic) bond motifs is 2. The van der Waals surface area contributed by atoms with Gasteiger partial charge in [-0.3, -0.25) is 4.57 Å². The molecule has 4 nitrogen and oxygen atoms in total. The van der Waals surface area contributed by atoms with Crippen molar-refractivity contribution in [1.29, 1.82) is 0 Å². The molecule has 0 spiro atoms. The van der Waals surface area contributed by atoms with Gasteiger partial charge in [-0.25, -0.2) is 9.97 Å². The molecule has 4 heteroatoms. The van der Waals surface area contributed by atoms with E-state index in [1.807, 2.05) is 12.1 Å². The van der Waals surface area contributed by atoms with E-state index >= 15 is 0 Å². The first-order chi connectivity index (χ1) is 19.8. The number of nitrogens with zero attached hydrogens (tertiary/aromatic N) is 3. The zero-order chi connectivity index (χ0) is 25.9. The van der Waals surface area contributed by atoms with Crippen molar-refractivity contribution in [2.75, 3.05) is 0 Å². The monoisotopic (exact) mass is 509 g/mol. The summed E-state index contributed by atoms with van der Waals surface area (Å²) in [6, 6.07) is 40.4. The Balaban J connectivity index is 1.44. The lowest BCUT2D eigenvalue weighted by Gasteiger charge is -2.12. The van der Waals surface area contributed by atoms with Crippen molar-refractivity contribution < 1.29 is 4.42 Å². The van der Waals surface area contributed by atoms with Gasteiger partial charge in [0, 0.05) is 37.9 Å². The van der Waals surface area contributed by atoms with Crippen LogP contribution in [0.25, 0.3) is 93.8 Å². The van der Waals surface area contributed by atoms with Crippen LogP contribution in [0.15, 0.2) is 120 Å². The average molecular weight is 510 g/mol. The van der Waals surface area contributed by atoms with Gasteiger partial charge in [-0.05, 0) is 46.8 Å². The minimum absolute atomic E-state index is 0.667. The molecule has 0 radical (unpaired) electrons. The van der Waals surface area contributed by atoms with Crippen molar-refractivity contribution in [3.63, 3.8) is 0 Å². The van der Waals surface area contributed by atoms with Gasteiger partial charge in [-0.2, -0.15) is 0 Å². The lowest BCUT2D eigenvalue weighted by atomic mass is 9.95. The predicted octanol–water partition coefficient (Wildman–Crippen LogP) is 9.43. The van der Waals surface area contributed by atoms with E-state index < -0.39 is 0 Å². The molecule has 184 valence electrons. The van der Waals surface area contributed by atoms with Gasteiger partial charge < -0.3 is 4.42 Å². The fourth-order valence-electron chi connectivity index (χ4n) is 6.92. The van der Waals surface area contributed by atoms with Gasteiger partial charge in [0.2, 0.25) is 5.95 Å². The van der Waals surface area contributed by atoms with Gasteiger partial charge in [-0.15, -0.1) is 0 Å². The van der Waals surface area contributed by atoms with Crippen LogP contribution in [-0.2, 0) is 0 Å². The molecule has 10 rings (SSSR count). The number of hydrogen-bond donors (Lipinski definition) is 0. The number of hydrogen-bond acceptors (Lipinski definition) is 3. The minimum Gasteiger partial charge on any atom is -0.456 e. The summed E-state index contributed by atoms with van der Waals surface area (Å²) in [7, 11) is 0. The summed E-state index contributed by atoms with van der Waals surface area (Å²) in [6.45, 7) is 0. The van der Waals surface area contributed by atoms with Crippen LogP contribution in [0.4, 0.5) is 0 Å². The van der Waals surface area contributed by atoms with E-state index in [1.54, 1.807) is 0 Å². The smallest absolute Gasteiger partial charge is 0.235 e. The molecule has 3 heterocycles. The van der Waals surface area contributed by atoms with Crippen LogP contribution in [0.1, 0.15) is 0 Å². The molecule has 1 aliphatic carbocycles. The van der Waals surface area contributed by atoms with E-state index in [2.05, 4.69) is 108 Å². The summed E-state index contributed by atoms with van der Waals surface area (Å²) < 4.78 is 8.68. The van der Waals surface area contributed by atoms with E-state index in [-0.39, 0.29) is 0 Å². The molecule has 9 aromatic rings. The lowest BCUT2D eigenvalue weighted by Crippen LogP contribution is -2.03. The molecular weight excluding hydrogens is 490 g/mol. The Kier molecular flexibility index (Phi) is 3.65. The summed E-state index contributed by atoms with van der Waals surface area (Å²) >= 11 is 0. The molecule has 0 N–H and O–H groups in total.